The molecule has 5 fully saturated rings. The Hall–Kier alpha value is -2.35. The van der Waals surface area contributed by atoms with Gasteiger partial charge in [0.25, 0.3) is 0 Å². The summed E-state index contributed by atoms with van der Waals surface area (Å²) in [6.07, 6.45) is -5.42. The van der Waals surface area contributed by atoms with Gasteiger partial charge in [-0.25, -0.2) is 5.26 Å². The van der Waals surface area contributed by atoms with Crippen molar-refractivity contribution in [2.75, 3.05) is 6.61 Å². The minimum atomic E-state index is -1.64. The number of carbonyl (C=O) groups excluding carboxylic acids is 2. The van der Waals surface area contributed by atoms with E-state index in [0.717, 1.165) is 24.8 Å². The fourth-order valence-corrected chi connectivity index (χ4v) is 10.3. The molecule has 8 unspecified atom stereocenters. The van der Waals surface area contributed by atoms with Crippen LogP contribution < -0.4 is 0 Å². The van der Waals surface area contributed by atoms with Crippen LogP contribution >= 0.6 is 12.3 Å². The van der Waals surface area contributed by atoms with Gasteiger partial charge in [0, 0.05) is 11.8 Å². The second-order valence-electron chi connectivity index (χ2n) is 15.5. The molecule has 13 atom stereocenters. The van der Waals surface area contributed by atoms with Crippen LogP contribution in [0.25, 0.3) is 0 Å². The van der Waals surface area contributed by atoms with Crippen LogP contribution in [0, 0.1) is 40.4 Å². The van der Waals surface area contributed by atoms with E-state index in [4.69, 9.17) is 33.5 Å². The molecule has 2 bridgehead atoms. The first kappa shape index (κ1) is 39.8. The third kappa shape index (κ3) is 8.26. The lowest BCUT2D eigenvalue weighted by atomic mass is 9.43. The van der Waals surface area contributed by atoms with Gasteiger partial charge in [-0.2, -0.15) is 0 Å². The summed E-state index contributed by atoms with van der Waals surface area (Å²) in [6.45, 7) is 9.35. The third-order valence-electron chi connectivity index (χ3n) is 12.0. The van der Waals surface area contributed by atoms with Gasteiger partial charge in [-0.1, -0.05) is 32.4 Å². The minimum Gasteiger partial charge on any atom is -0.481 e. The van der Waals surface area contributed by atoms with Gasteiger partial charge in [-0.05, 0) is 79.6 Å². The van der Waals surface area contributed by atoms with Crippen LogP contribution in [0.5, 0.6) is 0 Å². The Morgan fingerprint density at radius 1 is 1.04 bits per heavy atom. The zero-order chi connectivity index (χ0) is 37.2. The van der Waals surface area contributed by atoms with Crippen molar-refractivity contribution in [3.05, 3.63) is 12.2 Å². The van der Waals surface area contributed by atoms with Gasteiger partial charge in [0.2, 0.25) is 0 Å². The first-order chi connectivity index (χ1) is 24.1. The number of fused-ring (bicyclic) bond motifs is 3. The molecule has 0 amide bonds. The van der Waals surface area contributed by atoms with Crippen LogP contribution in [-0.4, -0.2) is 99.1 Å². The highest BCUT2D eigenvalue weighted by atomic mass is 32.2. The average molecular weight is 747 g/mol. The average Bonchev–Trinajstić information content (AvgIpc) is 3.23. The molecule has 0 radical (unpaired) electrons. The Kier molecular flexibility index (Phi) is 12.8. The third-order valence-corrected chi connectivity index (χ3v) is 12.5. The van der Waals surface area contributed by atoms with E-state index in [-0.39, 0.29) is 48.8 Å². The number of carbonyl (C=O) groups is 4. The number of hydrogen-bond donors (Lipinski definition) is 5. The molecule has 288 valence electrons. The van der Waals surface area contributed by atoms with Gasteiger partial charge >= 0.3 is 23.9 Å². The maximum absolute atomic E-state index is 13.0. The largest absolute Gasteiger partial charge is 0.481 e. The summed E-state index contributed by atoms with van der Waals surface area (Å²) in [4.78, 5) is 49.1. The highest BCUT2D eigenvalue weighted by molar-refractivity contribution is 7.89. The summed E-state index contributed by atoms with van der Waals surface area (Å²) in [5.74, 6) is -4.55. The number of ether oxygens (including phenoxy) is 4. The van der Waals surface area contributed by atoms with E-state index in [1.54, 1.807) is 13.8 Å². The molecule has 0 aromatic heterocycles. The standard InChI is InChI=1S/C34H50O16S/c1-16(2)11-26(38)47-29-28(48-51-50-49-43)27(39)22(15-44-25(37)8-7-24(35)36)46-32(29)45-19-12-20(31(41)42)21-9-10-34-13-18(17(3)30(34)40)5-6-23(34)33(21,4)14-19/h16,18-23,27-30,32,39-40,43H,3,5-15H2,1-2,4H3,(H,35,36)(H,41,42)/t18?,19?,20?,21?,22-,23?,27+,28-,29?,30-,32+,33?,34?/m0/s1. The van der Waals surface area contributed by atoms with Crippen LogP contribution in [-0.2, 0) is 51.7 Å². The molecule has 1 saturated heterocycles. The van der Waals surface area contributed by atoms with Crippen LogP contribution in [0.15, 0.2) is 12.2 Å². The highest BCUT2D eigenvalue weighted by Gasteiger charge is 2.67. The molecule has 4 aliphatic carbocycles. The number of carboxylic acid groups (broad SMARTS) is 2. The number of aliphatic carboxylic acids is 2. The van der Waals surface area contributed by atoms with Crippen molar-refractivity contribution < 1.29 is 77.4 Å². The van der Waals surface area contributed by atoms with E-state index in [2.05, 4.69) is 22.9 Å². The van der Waals surface area contributed by atoms with Gasteiger partial charge in [-0.3, -0.25) is 23.4 Å². The topological polar surface area (TPSA) is 234 Å². The van der Waals surface area contributed by atoms with E-state index in [1.165, 1.54) is 0 Å². The van der Waals surface area contributed by atoms with Crippen LogP contribution in [0.2, 0.25) is 0 Å². The Labute approximate surface area is 300 Å². The number of esters is 2. The molecule has 5 N–H and O–H groups in total. The summed E-state index contributed by atoms with van der Waals surface area (Å²) < 4.78 is 33.6. The molecular formula is C34H50O16S. The summed E-state index contributed by atoms with van der Waals surface area (Å²) >= 11 is 0.115. The van der Waals surface area contributed by atoms with Gasteiger partial charge in [0.15, 0.2) is 24.7 Å². The lowest BCUT2D eigenvalue weighted by Crippen LogP contribution is -2.63. The van der Waals surface area contributed by atoms with Gasteiger partial charge in [-0.15, -0.1) is 4.33 Å². The van der Waals surface area contributed by atoms with Crippen molar-refractivity contribution in [3.63, 3.8) is 0 Å². The van der Waals surface area contributed by atoms with E-state index in [0.29, 0.717) is 19.3 Å². The van der Waals surface area contributed by atoms with Crippen LogP contribution in [0.1, 0.15) is 85.0 Å². The van der Waals surface area contributed by atoms with E-state index < -0.39 is 103 Å². The maximum Gasteiger partial charge on any atom is 0.306 e. The Bertz CT molecular complexity index is 1310. The molecule has 1 spiro atoms. The molecule has 17 heteroatoms. The monoisotopic (exact) mass is 746 g/mol. The van der Waals surface area contributed by atoms with Crippen molar-refractivity contribution in [1.29, 1.82) is 0 Å². The number of aliphatic hydroxyl groups excluding tert-OH is 2. The van der Waals surface area contributed by atoms with Gasteiger partial charge in [0.05, 0.1) is 31.0 Å². The fourth-order valence-electron chi connectivity index (χ4n) is 9.96. The first-order valence-electron chi connectivity index (χ1n) is 17.6. The lowest BCUT2D eigenvalue weighted by Gasteiger charge is -2.62. The molecule has 1 aliphatic heterocycles. The summed E-state index contributed by atoms with van der Waals surface area (Å²) in [6, 6.07) is 0. The quantitative estimate of drug-likeness (QED) is 0.0307. The lowest BCUT2D eigenvalue weighted by molar-refractivity contribution is -0.435. The summed E-state index contributed by atoms with van der Waals surface area (Å²) in [5.41, 5.74) is -0.111. The molecule has 5 aliphatic rings. The second kappa shape index (κ2) is 16.3. The van der Waals surface area contributed by atoms with Crippen molar-refractivity contribution in [2.45, 2.75) is 128 Å². The second-order valence-corrected chi connectivity index (χ2v) is 15.9. The SMILES string of the molecule is C=C1C2CCC3C4(C)CC(O[C@@H]5O[C@@H](COC(=O)CCC(=O)O)[C@@H](O)[C@H](OSOOO)C5OC(=O)CC(C)C)CC(C(=O)O)C4CCC3(C2)[C@H]1O. The first-order valence-corrected chi connectivity index (χ1v) is 18.2. The van der Waals surface area contributed by atoms with Crippen molar-refractivity contribution in [1.82, 2.24) is 0 Å². The number of hydrogen-bond acceptors (Lipinski definition) is 15. The van der Waals surface area contributed by atoms with Crippen molar-refractivity contribution in [2.24, 2.45) is 40.4 Å². The zero-order valence-electron chi connectivity index (χ0n) is 29.0. The number of carboxylic acids is 2. The van der Waals surface area contributed by atoms with Crippen LogP contribution in [0.3, 0.4) is 0 Å². The summed E-state index contributed by atoms with van der Waals surface area (Å²) in [5, 5.41) is 54.6. The molecule has 5 rings (SSSR count). The molecule has 1 heterocycles. The van der Waals surface area contributed by atoms with E-state index in [1.807, 2.05) is 0 Å². The number of rotatable bonds is 15. The minimum absolute atomic E-state index is 0.00246. The Morgan fingerprint density at radius 2 is 1.78 bits per heavy atom. The number of aliphatic hydroxyl groups is 2. The predicted molar refractivity (Wildman–Crippen MR) is 174 cm³/mol. The van der Waals surface area contributed by atoms with Gasteiger partial charge < -0.3 is 39.4 Å². The summed E-state index contributed by atoms with van der Waals surface area (Å²) in [7, 11) is 0. The van der Waals surface area contributed by atoms with E-state index in [9.17, 15) is 34.5 Å². The molecule has 4 saturated carbocycles. The predicted octanol–water partition coefficient (Wildman–Crippen LogP) is 3.44. The normalized spacial score (nSPS) is 40.3. The highest BCUT2D eigenvalue weighted by Crippen LogP contribution is 2.70. The maximum atomic E-state index is 13.0. The molecule has 0 aromatic rings. The Morgan fingerprint density at radius 3 is 2.45 bits per heavy atom. The van der Waals surface area contributed by atoms with Gasteiger partial charge in [0.1, 0.15) is 24.9 Å². The molecular weight excluding hydrogens is 696 g/mol. The van der Waals surface area contributed by atoms with E-state index >= 15 is 0 Å². The Balaban J connectivity index is 1.44. The smallest absolute Gasteiger partial charge is 0.306 e. The van der Waals surface area contributed by atoms with Crippen LogP contribution in [0.4, 0.5) is 0 Å². The molecule has 16 nitrogen and oxygen atoms in total. The van der Waals surface area contributed by atoms with Crippen molar-refractivity contribution in [3.8, 4) is 0 Å². The zero-order valence-corrected chi connectivity index (χ0v) is 29.9. The molecule has 51 heavy (non-hydrogen) atoms. The molecule has 0 aromatic carbocycles. The van der Waals surface area contributed by atoms with Crippen molar-refractivity contribution >= 4 is 36.2 Å². The fraction of sp³-hybridized carbons (Fsp3) is 0.824.